The van der Waals surface area contributed by atoms with Crippen LogP contribution in [0.4, 0.5) is 16.3 Å². The van der Waals surface area contributed by atoms with Crippen molar-refractivity contribution >= 4 is 23.2 Å². The van der Waals surface area contributed by atoms with Gasteiger partial charge in [-0.05, 0) is 83.2 Å². The molecular formula is C31H37N5O4. The molecule has 9 nitrogen and oxygen atoms in total. The molecule has 1 amide bonds. The first-order chi connectivity index (χ1) is 19.2. The number of amides is 1. The SMILES string of the molecule is Cc1c(OC2CCC(N)CC2)nc2ccnn2c1N(C(=O)OC(C)(C)C)c1ccc(OCc2ccccc2)cc1. The van der Waals surface area contributed by atoms with E-state index in [1.54, 1.807) is 16.8 Å². The van der Waals surface area contributed by atoms with E-state index in [4.69, 9.17) is 24.9 Å². The molecule has 1 fully saturated rings. The van der Waals surface area contributed by atoms with E-state index in [-0.39, 0.29) is 12.1 Å². The molecule has 2 aromatic carbocycles. The molecule has 2 N–H and O–H groups in total. The molecule has 2 aromatic heterocycles. The molecule has 0 spiro atoms. The number of benzene rings is 2. The Morgan fingerprint density at radius 2 is 1.73 bits per heavy atom. The number of anilines is 2. The molecule has 0 unspecified atom stereocenters. The zero-order chi connectivity index (χ0) is 28.3. The van der Waals surface area contributed by atoms with Gasteiger partial charge in [0.1, 0.15) is 24.1 Å². The van der Waals surface area contributed by atoms with Gasteiger partial charge in [-0.15, -0.1) is 0 Å². The Morgan fingerprint density at radius 3 is 2.40 bits per heavy atom. The molecule has 4 aromatic rings. The summed E-state index contributed by atoms with van der Waals surface area (Å²) in [7, 11) is 0. The lowest BCUT2D eigenvalue weighted by Crippen LogP contribution is -2.36. The van der Waals surface area contributed by atoms with Gasteiger partial charge in [-0.1, -0.05) is 30.3 Å². The summed E-state index contributed by atoms with van der Waals surface area (Å²) in [4.78, 5) is 20.0. The summed E-state index contributed by atoms with van der Waals surface area (Å²) in [5.41, 5.74) is 8.31. The molecule has 1 saturated carbocycles. The number of nitrogens with zero attached hydrogens (tertiary/aromatic N) is 4. The first-order valence-electron chi connectivity index (χ1n) is 13.7. The summed E-state index contributed by atoms with van der Waals surface area (Å²) in [5, 5.41) is 4.49. The van der Waals surface area contributed by atoms with Crippen LogP contribution in [0.5, 0.6) is 11.6 Å². The van der Waals surface area contributed by atoms with Gasteiger partial charge < -0.3 is 19.9 Å². The second-order valence-corrected chi connectivity index (χ2v) is 11.2. The Hall–Kier alpha value is -4.11. The second kappa shape index (κ2) is 11.6. The third-order valence-electron chi connectivity index (χ3n) is 6.82. The van der Waals surface area contributed by atoms with Crippen molar-refractivity contribution in [2.45, 2.75) is 77.7 Å². The predicted octanol–water partition coefficient (Wildman–Crippen LogP) is 6.34. The average Bonchev–Trinajstić information content (AvgIpc) is 3.39. The zero-order valence-electron chi connectivity index (χ0n) is 23.5. The first-order valence-corrected chi connectivity index (χ1v) is 13.7. The fraction of sp³-hybridized carbons (Fsp3) is 0.387. The fourth-order valence-corrected chi connectivity index (χ4v) is 4.78. The van der Waals surface area contributed by atoms with Crippen molar-refractivity contribution in [1.82, 2.24) is 14.6 Å². The summed E-state index contributed by atoms with van der Waals surface area (Å²) >= 11 is 0. The lowest BCUT2D eigenvalue weighted by Gasteiger charge is -2.30. The third kappa shape index (κ3) is 6.37. The van der Waals surface area contributed by atoms with E-state index in [2.05, 4.69) is 5.10 Å². The van der Waals surface area contributed by atoms with Crippen LogP contribution in [0.15, 0.2) is 66.9 Å². The van der Waals surface area contributed by atoms with Crippen LogP contribution in [0.3, 0.4) is 0 Å². The third-order valence-corrected chi connectivity index (χ3v) is 6.82. The van der Waals surface area contributed by atoms with Crippen molar-refractivity contribution in [3.63, 3.8) is 0 Å². The average molecular weight is 544 g/mol. The second-order valence-electron chi connectivity index (χ2n) is 11.2. The van der Waals surface area contributed by atoms with Crippen molar-refractivity contribution in [2.75, 3.05) is 4.90 Å². The zero-order valence-corrected chi connectivity index (χ0v) is 23.5. The van der Waals surface area contributed by atoms with Gasteiger partial charge in [-0.25, -0.2) is 9.69 Å². The van der Waals surface area contributed by atoms with Crippen LogP contribution >= 0.6 is 0 Å². The fourth-order valence-electron chi connectivity index (χ4n) is 4.78. The maximum atomic E-state index is 13.8. The predicted molar refractivity (Wildman–Crippen MR) is 154 cm³/mol. The molecular weight excluding hydrogens is 506 g/mol. The van der Waals surface area contributed by atoms with Gasteiger partial charge in [-0.3, -0.25) is 0 Å². The lowest BCUT2D eigenvalue weighted by atomic mass is 9.94. The van der Waals surface area contributed by atoms with Crippen LogP contribution in [0.1, 0.15) is 57.6 Å². The first kappa shape index (κ1) is 27.5. The van der Waals surface area contributed by atoms with E-state index in [0.717, 1.165) is 31.2 Å². The van der Waals surface area contributed by atoms with E-state index in [1.807, 2.05) is 82.3 Å². The molecule has 0 saturated heterocycles. The maximum absolute atomic E-state index is 13.8. The van der Waals surface area contributed by atoms with E-state index >= 15 is 0 Å². The van der Waals surface area contributed by atoms with Gasteiger partial charge in [0.25, 0.3) is 0 Å². The van der Waals surface area contributed by atoms with Crippen molar-refractivity contribution in [1.29, 1.82) is 0 Å². The van der Waals surface area contributed by atoms with Crippen molar-refractivity contribution in [3.05, 3.63) is 78.0 Å². The van der Waals surface area contributed by atoms with Crippen molar-refractivity contribution in [2.24, 2.45) is 5.73 Å². The monoisotopic (exact) mass is 543 g/mol. The van der Waals surface area contributed by atoms with E-state index < -0.39 is 11.7 Å². The molecule has 0 bridgehead atoms. The molecule has 0 aliphatic heterocycles. The Morgan fingerprint density at radius 1 is 1.02 bits per heavy atom. The minimum absolute atomic E-state index is 0.0141. The topological polar surface area (TPSA) is 104 Å². The number of ether oxygens (including phenoxy) is 3. The number of nitrogens with two attached hydrogens (primary N) is 1. The summed E-state index contributed by atoms with van der Waals surface area (Å²) in [6.07, 6.45) is 4.68. The van der Waals surface area contributed by atoms with Crippen LogP contribution in [-0.4, -0.2) is 38.4 Å². The van der Waals surface area contributed by atoms with Gasteiger partial charge in [-0.2, -0.15) is 14.6 Å². The summed E-state index contributed by atoms with van der Waals surface area (Å²) in [6, 6.07) is 19.3. The molecule has 40 heavy (non-hydrogen) atoms. The van der Waals surface area contributed by atoms with Gasteiger partial charge in [0.2, 0.25) is 5.88 Å². The number of aromatic nitrogens is 3. The molecule has 5 rings (SSSR count). The number of fused-ring (bicyclic) bond motifs is 1. The van der Waals surface area contributed by atoms with Crippen LogP contribution in [0.2, 0.25) is 0 Å². The van der Waals surface area contributed by atoms with Gasteiger partial charge >= 0.3 is 6.09 Å². The van der Waals surface area contributed by atoms with Gasteiger partial charge in [0.15, 0.2) is 11.5 Å². The highest BCUT2D eigenvalue weighted by molar-refractivity contribution is 5.96. The van der Waals surface area contributed by atoms with E-state index in [1.165, 1.54) is 4.90 Å². The van der Waals surface area contributed by atoms with Gasteiger partial charge in [0, 0.05) is 12.1 Å². The van der Waals surface area contributed by atoms with Crippen LogP contribution < -0.4 is 20.1 Å². The summed E-state index contributed by atoms with van der Waals surface area (Å²) in [5.74, 6) is 1.66. The highest BCUT2D eigenvalue weighted by Crippen LogP contribution is 2.36. The quantitative estimate of drug-likeness (QED) is 0.290. The minimum Gasteiger partial charge on any atom is -0.489 e. The van der Waals surface area contributed by atoms with Crippen molar-refractivity contribution in [3.8, 4) is 11.6 Å². The molecule has 210 valence electrons. The normalized spacial score (nSPS) is 17.4. The standard InChI is InChI=1S/C31H37N5O4/c1-21-28(39-26-14-10-23(32)11-15-26)34-27-18-19-33-36(27)29(21)35(30(37)40-31(2,3)4)24-12-16-25(17-13-24)38-20-22-8-6-5-7-9-22/h5-9,12-13,16-19,23,26H,10-11,14-15,20,32H2,1-4H3. The summed E-state index contributed by atoms with van der Waals surface area (Å²) < 4.78 is 19.9. The van der Waals surface area contributed by atoms with Crippen LogP contribution in [0.25, 0.3) is 5.65 Å². The smallest absolute Gasteiger partial charge is 0.420 e. The molecule has 1 aliphatic carbocycles. The van der Waals surface area contributed by atoms with Crippen LogP contribution in [-0.2, 0) is 11.3 Å². The Kier molecular flexibility index (Phi) is 7.93. The number of hydrogen-bond acceptors (Lipinski definition) is 7. The Labute approximate surface area is 234 Å². The minimum atomic E-state index is -0.710. The summed E-state index contributed by atoms with van der Waals surface area (Å²) in [6.45, 7) is 7.86. The molecule has 9 heteroatoms. The van der Waals surface area contributed by atoms with Crippen molar-refractivity contribution < 1.29 is 19.0 Å². The highest BCUT2D eigenvalue weighted by Gasteiger charge is 2.31. The Bertz CT molecular complexity index is 1440. The number of carbonyl (C=O) groups is 1. The molecule has 1 aliphatic rings. The lowest BCUT2D eigenvalue weighted by molar-refractivity contribution is 0.0597. The number of carbonyl (C=O) groups excluding carboxylic acids is 1. The molecule has 0 radical (unpaired) electrons. The van der Waals surface area contributed by atoms with Crippen LogP contribution in [0, 0.1) is 6.92 Å². The number of rotatable bonds is 7. The molecule has 0 atom stereocenters. The maximum Gasteiger partial charge on any atom is 0.420 e. The highest BCUT2D eigenvalue weighted by atomic mass is 16.6. The van der Waals surface area contributed by atoms with E-state index in [0.29, 0.717) is 41.0 Å². The van der Waals surface area contributed by atoms with E-state index in [9.17, 15) is 4.79 Å². The largest absolute Gasteiger partial charge is 0.489 e. The molecule has 2 heterocycles. The Balaban J connectivity index is 1.51. The number of hydrogen-bond donors (Lipinski definition) is 1. The van der Waals surface area contributed by atoms with Gasteiger partial charge in [0.05, 0.1) is 17.4 Å².